The van der Waals surface area contributed by atoms with E-state index in [4.69, 9.17) is 9.47 Å². The lowest BCUT2D eigenvalue weighted by Crippen LogP contribution is -2.39. The average Bonchev–Trinajstić information content (AvgIpc) is 2.53. The molecule has 2 N–H and O–H groups in total. The molecule has 0 aliphatic carbocycles. The van der Waals surface area contributed by atoms with Gasteiger partial charge in [0, 0.05) is 33.9 Å². The Morgan fingerprint density at radius 3 is 2.45 bits per heavy atom. The van der Waals surface area contributed by atoms with Crippen molar-refractivity contribution in [1.29, 1.82) is 0 Å². The molecule has 0 bridgehead atoms. The molecule has 0 heterocycles. The fourth-order valence-corrected chi connectivity index (χ4v) is 1.79. The minimum Gasteiger partial charge on any atom is -0.383 e. The third-order valence-electron chi connectivity index (χ3n) is 2.94. The molecule has 0 radical (unpaired) electrons. The molecule has 0 saturated carbocycles. The van der Waals surface area contributed by atoms with Crippen molar-refractivity contribution in [3.05, 3.63) is 35.9 Å². The van der Waals surface area contributed by atoms with E-state index in [0.717, 1.165) is 38.5 Å². The highest BCUT2D eigenvalue weighted by atomic mass is 127. The summed E-state index contributed by atoms with van der Waals surface area (Å²) in [5.41, 5.74) is 1.22. The Balaban J connectivity index is 0.00000441. The molecule has 5 nitrogen and oxygen atoms in total. The second-order valence-electron chi connectivity index (χ2n) is 4.66. The molecule has 6 heteroatoms. The molecule has 0 unspecified atom stereocenters. The number of hydrogen-bond acceptors (Lipinski definition) is 3. The van der Waals surface area contributed by atoms with Crippen LogP contribution in [0, 0.1) is 0 Å². The Bertz CT molecular complexity index is 388. The smallest absolute Gasteiger partial charge is 0.191 e. The van der Waals surface area contributed by atoms with E-state index in [9.17, 15) is 0 Å². The second kappa shape index (κ2) is 15.1. The number of nitrogens with one attached hydrogen (secondary N) is 2. The van der Waals surface area contributed by atoms with Crippen LogP contribution in [0.1, 0.15) is 18.4 Å². The minimum absolute atomic E-state index is 0. The lowest BCUT2D eigenvalue weighted by Gasteiger charge is -2.11. The van der Waals surface area contributed by atoms with Crippen LogP contribution in [0.2, 0.25) is 0 Å². The summed E-state index contributed by atoms with van der Waals surface area (Å²) < 4.78 is 10.6. The summed E-state index contributed by atoms with van der Waals surface area (Å²) in [5.74, 6) is 0.817. The van der Waals surface area contributed by atoms with E-state index in [1.165, 1.54) is 5.56 Å². The molecule has 1 rings (SSSR count). The van der Waals surface area contributed by atoms with Crippen molar-refractivity contribution in [2.75, 3.05) is 40.5 Å². The van der Waals surface area contributed by atoms with Gasteiger partial charge in [-0.2, -0.15) is 0 Å². The van der Waals surface area contributed by atoms with Crippen LogP contribution in [0.3, 0.4) is 0 Å². The number of benzene rings is 1. The third-order valence-corrected chi connectivity index (χ3v) is 2.94. The van der Waals surface area contributed by atoms with Gasteiger partial charge in [0.2, 0.25) is 0 Å². The summed E-state index contributed by atoms with van der Waals surface area (Å²) in [7, 11) is 3.46. The number of ether oxygens (including phenoxy) is 2. The van der Waals surface area contributed by atoms with Crippen molar-refractivity contribution in [2.45, 2.75) is 19.4 Å². The van der Waals surface area contributed by atoms with Crippen molar-refractivity contribution in [3.63, 3.8) is 0 Å². The lowest BCUT2D eigenvalue weighted by molar-refractivity contribution is 0.117. The summed E-state index contributed by atoms with van der Waals surface area (Å²) in [6, 6.07) is 10.2. The Hall–Kier alpha value is -0.860. The average molecular weight is 421 g/mol. The van der Waals surface area contributed by atoms with Gasteiger partial charge in [-0.25, -0.2) is 0 Å². The summed E-state index contributed by atoms with van der Waals surface area (Å²) in [4.78, 5) is 4.14. The summed E-state index contributed by atoms with van der Waals surface area (Å²) in [5, 5.41) is 6.44. The maximum absolute atomic E-state index is 5.64. The quantitative estimate of drug-likeness (QED) is 0.264. The number of hydrogen-bond donors (Lipinski definition) is 2. The number of guanidine groups is 1. The fraction of sp³-hybridized carbons (Fsp3) is 0.562. The largest absolute Gasteiger partial charge is 0.383 e. The van der Waals surface area contributed by atoms with E-state index < -0.39 is 0 Å². The molecule has 126 valence electrons. The first-order valence-electron chi connectivity index (χ1n) is 7.42. The highest BCUT2D eigenvalue weighted by Crippen LogP contribution is 2.01. The highest BCUT2D eigenvalue weighted by molar-refractivity contribution is 14.0. The first-order chi connectivity index (χ1) is 10.4. The Labute approximate surface area is 150 Å². The van der Waals surface area contributed by atoms with Crippen molar-refractivity contribution in [3.8, 4) is 0 Å². The Kier molecular flexibility index (Phi) is 14.5. The van der Waals surface area contributed by atoms with Crippen LogP contribution in [0.5, 0.6) is 0 Å². The minimum atomic E-state index is 0. The van der Waals surface area contributed by atoms with Crippen molar-refractivity contribution >= 4 is 29.9 Å². The molecule has 1 aromatic carbocycles. The van der Waals surface area contributed by atoms with Gasteiger partial charge in [-0.1, -0.05) is 30.3 Å². The molecular formula is C16H28IN3O2. The van der Waals surface area contributed by atoms with Gasteiger partial charge in [-0.15, -0.1) is 24.0 Å². The van der Waals surface area contributed by atoms with Crippen LogP contribution < -0.4 is 10.6 Å². The number of unbranched alkanes of at least 4 members (excludes halogenated alkanes) is 1. The van der Waals surface area contributed by atoms with Gasteiger partial charge in [0.1, 0.15) is 0 Å². The summed E-state index contributed by atoms with van der Waals surface area (Å²) >= 11 is 0. The lowest BCUT2D eigenvalue weighted by atomic mass is 10.2. The first-order valence-corrected chi connectivity index (χ1v) is 7.42. The molecule has 1 aromatic rings. The molecule has 0 aliphatic heterocycles. The molecule has 22 heavy (non-hydrogen) atoms. The van der Waals surface area contributed by atoms with Gasteiger partial charge in [-0.05, 0) is 18.4 Å². The van der Waals surface area contributed by atoms with E-state index in [1.807, 2.05) is 18.2 Å². The number of aliphatic imine (C=N–C) groups is 1. The number of methoxy groups -OCH3 is 1. The normalized spacial score (nSPS) is 10.9. The van der Waals surface area contributed by atoms with Crippen LogP contribution in [0.15, 0.2) is 35.3 Å². The molecule has 0 saturated heterocycles. The van der Waals surface area contributed by atoms with Crippen LogP contribution in [0.25, 0.3) is 0 Å². The van der Waals surface area contributed by atoms with Gasteiger partial charge >= 0.3 is 0 Å². The zero-order valence-electron chi connectivity index (χ0n) is 13.5. The molecule has 0 amide bonds. The zero-order valence-corrected chi connectivity index (χ0v) is 15.8. The van der Waals surface area contributed by atoms with E-state index in [1.54, 1.807) is 14.2 Å². The monoisotopic (exact) mass is 421 g/mol. The number of rotatable bonds is 10. The van der Waals surface area contributed by atoms with Crippen LogP contribution in [0.4, 0.5) is 0 Å². The Morgan fingerprint density at radius 1 is 1.05 bits per heavy atom. The summed E-state index contributed by atoms with van der Waals surface area (Å²) in [6.45, 7) is 3.80. The molecule has 0 atom stereocenters. The first kappa shape index (κ1) is 21.1. The molecule has 0 fully saturated rings. The van der Waals surface area contributed by atoms with Gasteiger partial charge in [-0.3, -0.25) is 4.99 Å². The summed E-state index contributed by atoms with van der Waals surface area (Å²) in [6.07, 6.45) is 2.09. The predicted molar refractivity (Wildman–Crippen MR) is 102 cm³/mol. The second-order valence-corrected chi connectivity index (χ2v) is 4.66. The third kappa shape index (κ3) is 10.8. The SMILES string of the molecule is CN=C(NCCCCOCc1ccccc1)NCCOC.I. The maximum atomic E-state index is 5.64. The fourth-order valence-electron chi connectivity index (χ4n) is 1.79. The topological polar surface area (TPSA) is 54.9 Å². The van der Waals surface area contributed by atoms with Crippen LogP contribution in [-0.4, -0.2) is 46.4 Å². The standard InChI is InChI=1S/C16H27N3O2.HI/c1-17-16(19-11-13-20-2)18-10-6-7-12-21-14-15-8-4-3-5-9-15;/h3-5,8-9H,6-7,10-14H2,1-2H3,(H2,17,18,19);1H. The van der Waals surface area contributed by atoms with Gasteiger partial charge in [0.25, 0.3) is 0 Å². The molecule has 0 aromatic heterocycles. The van der Waals surface area contributed by atoms with Gasteiger partial charge in [0.05, 0.1) is 13.2 Å². The number of nitrogens with zero attached hydrogens (tertiary/aromatic N) is 1. The Morgan fingerprint density at radius 2 is 1.77 bits per heavy atom. The van der Waals surface area contributed by atoms with E-state index in [0.29, 0.717) is 13.2 Å². The highest BCUT2D eigenvalue weighted by Gasteiger charge is 1.96. The maximum Gasteiger partial charge on any atom is 0.191 e. The number of halogens is 1. The van der Waals surface area contributed by atoms with E-state index >= 15 is 0 Å². The molecular weight excluding hydrogens is 393 g/mol. The molecule has 0 aliphatic rings. The molecule has 0 spiro atoms. The van der Waals surface area contributed by atoms with Gasteiger partial charge < -0.3 is 20.1 Å². The van der Waals surface area contributed by atoms with Crippen molar-refractivity contribution in [1.82, 2.24) is 10.6 Å². The van der Waals surface area contributed by atoms with E-state index in [2.05, 4.69) is 27.8 Å². The van der Waals surface area contributed by atoms with Gasteiger partial charge in [0.15, 0.2) is 5.96 Å². The zero-order chi connectivity index (χ0) is 15.2. The van der Waals surface area contributed by atoms with Crippen molar-refractivity contribution in [2.24, 2.45) is 4.99 Å². The van der Waals surface area contributed by atoms with Crippen molar-refractivity contribution < 1.29 is 9.47 Å². The predicted octanol–water partition coefficient (Wildman–Crippen LogP) is 2.41. The van der Waals surface area contributed by atoms with Crippen LogP contribution in [-0.2, 0) is 16.1 Å². The van der Waals surface area contributed by atoms with Crippen LogP contribution >= 0.6 is 24.0 Å². The van der Waals surface area contributed by atoms with E-state index in [-0.39, 0.29) is 24.0 Å².